The van der Waals surface area contributed by atoms with Crippen molar-refractivity contribution in [1.29, 1.82) is 0 Å². The number of carbonyl (C=O) groups excluding carboxylic acids is 2. The summed E-state index contributed by atoms with van der Waals surface area (Å²) in [5, 5.41) is 0. The van der Waals surface area contributed by atoms with Crippen molar-refractivity contribution >= 4 is 11.8 Å². The Labute approximate surface area is 154 Å². The summed E-state index contributed by atoms with van der Waals surface area (Å²) in [5.74, 6) is 0.547. The molecule has 0 bridgehead atoms. The molecule has 1 fully saturated rings. The third-order valence-corrected chi connectivity index (χ3v) is 4.89. The molecule has 2 aromatic rings. The van der Waals surface area contributed by atoms with Gasteiger partial charge in [0.05, 0.1) is 0 Å². The van der Waals surface area contributed by atoms with Crippen LogP contribution >= 0.6 is 0 Å². The number of aromatic nitrogens is 1. The van der Waals surface area contributed by atoms with Crippen LogP contribution in [0.15, 0.2) is 48.8 Å². The summed E-state index contributed by atoms with van der Waals surface area (Å²) in [7, 11) is 3.48. The van der Waals surface area contributed by atoms with Crippen molar-refractivity contribution in [2.75, 3.05) is 20.6 Å². The van der Waals surface area contributed by atoms with Gasteiger partial charge in [-0.05, 0) is 48.6 Å². The Morgan fingerprint density at radius 1 is 1.15 bits per heavy atom. The van der Waals surface area contributed by atoms with Crippen molar-refractivity contribution < 1.29 is 9.59 Å². The number of pyridine rings is 1. The second-order valence-corrected chi connectivity index (χ2v) is 6.98. The van der Waals surface area contributed by atoms with Gasteiger partial charge in [0, 0.05) is 51.1 Å². The van der Waals surface area contributed by atoms with Crippen molar-refractivity contribution in [2.24, 2.45) is 5.92 Å². The maximum absolute atomic E-state index is 12.8. The highest BCUT2D eigenvalue weighted by Gasteiger charge is 2.45. The highest BCUT2D eigenvalue weighted by atomic mass is 16.2. The number of rotatable bonds is 6. The first kappa shape index (κ1) is 18.1. The van der Waals surface area contributed by atoms with Crippen LogP contribution < -0.4 is 0 Å². The predicted molar refractivity (Wildman–Crippen MR) is 101 cm³/mol. The summed E-state index contributed by atoms with van der Waals surface area (Å²) < 4.78 is 0. The lowest BCUT2D eigenvalue weighted by atomic mass is 10.1. The van der Waals surface area contributed by atoms with E-state index in [0.717, 1.165) is 17.5 Å². The maximum Gasteiger partial charge on any atom is 0.253 e. The number of hydrogen-bond donors (Lipinski definition) is 0. The molecule has 1 aliphatic rings. The van der Waals surface area contributed by atoms with Gasteiger partial charge in [-0.2, -0.15) is 0 Å². The average Bonchev–Trinajstić information content (AvgIpc) is 3.47. The Morgan fingerprint density at radius 2 is 1.88 bits per heavy atom. The van der Waals surface area contributed by atoms with Gasteiger partial charge in [-0.15, -0.1) is 0 Å². The minimum Gasteiger partial charge on any atom is -0.345 e. The molecule has 0 spiro atoms. The minimum absolute atomic E-state index is 0.0164. The molecule has 0 saturated heterocycles. The van der Waals surface area contributed by atoms with Crippen LogP contribution in [-0.2, 0) is 11.3 Å². The van der Waals surface area contributed by atoms with E-state index in [2.05, 4.69) is 4.98 Å². The van der Waals surface area contributed by atoms with Crippen LogP contribution in [-0.4, -0.2) is 47.2 Å². The third-order valence-electron chi connectivity index (χ3n) is 4.89. The smallest absolute Gasteiger partial charge is 0.253 e. The lowest BCUT2D eigenvalue weighted by Gasteiger charge is -2.21. The molecule has 136 valence electrons. The monoisotopic (exact) mass is 351 g/mol. The van der Waals surface area contributed by atoms with Gasteiger partial charge in [-0.25, -0.2) is 0 Å². The highest BCUT2D eigenvalue weighted by Crippen LogP contribution is 2.48. The number of amides is 2. The molecule has 1 aliphatic carbocycles. The zero-order valence-electron chi connectivity index (χ0n) is 15.6. The molecule has 0 N–H and O–H groups in total. The van der Waals surface area contributed by atoms with Crippen LogP contribution in [0.5, 0.6) is 0 Å². The fourth-order valence-electron chi connectivity index (χ4n) is 3.24. The Balaban J connectivity index is 1.63. The first-order valence-electron chi connectivity index (χ1n) is 9.00. The van der Waals surface area contributed by atoms with Gasteiger partial charge < -0.3 is 9.80 Å². The summed E-state index contributed by atoms with van der Waals surface area (Å²) in [6, 6.07) is 11.5. The second kappa shape index (κ2) is 7.68. The molecule has 1 aromatic carbocycles. The number of benzene rings is 1. The molecule has 3 rings (SSSR count). The van der Waals surface area contributed by atoms with Crippen LogP contribution in [0.2, 0.25) is 0 Å². The van der Waals surface area contributed by atoms with E-state index in [1.165, 1.54) is 0 Å². The fourth-order valence-corrected chi connectivity index (χ4v) is 3.24. The number of carbonyl (C=O) groups is 2. The van der Waals surface area contributed by atoms with E-state index in [1.54, 1.807) is 25.2 Å². The number of nitrogens with zero attached hydrogens (tertiary/aromatic N) is 3. The SMILES string of the molecule is CCN(Cc1ccc(C(=O)N(C)C)cc1)C(=O)C1CC1c1cccnc1. The van der Waals surface area contributed by atoms with Gasteiger partial charge in [-0.3, -0.25) is 14.6 Å². The van der Waals surface area contributed by atoms with Crippen LogP contribution in [0.1, 0.15) is 40.7 Å². The maximum atomic E-state index is 12.8. The van der Waals surface area contributed by atoms with E-state index in [9.17, 15) is 9.59 Å². The van der Waals surface area contributed by atoms with Crippen molar-refractivity contribution in [3.8, 4) is 0 Å². The normalized spacial score (nSPS) is 18.3. The molecule has 0 aliphatic heterocycles. The molecule has 0 radical (unpaired) electrons. The molecular weight excluding hydrogens is 326 g/mol. The zero-order chi connectivity index (χ0) is 18.7. The van der Waals surface area contributed by atoms with Gasteiger partial charge in [0.25, 0.3) is 5.91 Å². The molecule has 26 heavy (non-hydrogen) atoms. The molecule has 5 heteroatoms. The quantitative estimate of drug-likeness (QED) is 0.804. The van der Waals surface area contributed by atoms with E-state index >= 15 is 0 Å². The first-order valence-corrected chi connectivity index (χ1v) is 9.00. The summed E-state index contributed by atoms with van der Waals surface area (Å²) in [6.45, 7) is 3.25. The summed E-state index contributed by atoms with van der Waals surface area (Å²) in [6.07, 6.45) is 4.51. The Bertz CT molecular complexity index is 772. The molecule has 2 amide bonds. The van der Waals surface area contributed by atoms with E-state index in [4.69, 9.17) is 0 Å². The van der Waals surface area contributed by atoms with Crippen molar-refractivity contribution in [3.63, 3.8) is 0 Å². The highest BCUT2D eigenvalue weighted by molar-refractivity contribution is 5.93. The van der Waals surface area contributed by atoms with E-state index < -0.39 is 0 Å². The summed E-state index contributed by atoms with van der Waals surface area (Å²) >= 11 is 0. The fraction of sp³-hybridized carbons (Fsp3) is 0.381. The Morgan fingerprint density at radius 3 is 2.46 bits per heavy atom. The number of hydrogen-bond acceptors (Lipinski definition) is 3. The van der Waals surface area contributed by atoms with E-state index in [-0.39, 0.29) is 17.7 Å². The standard InChI is InChI=1S/C21H25N3O2/c1-4-24(14-15-7-9-16(10-8-15)20(25)23(2)3)21(26)19-12-18(19)17-6-5-11-22-13-17/h5-11,13,18-19H,4,12,14H2,1-3H3. The van der Waals surface area contributed by atoms with Gasteiger partial charge in [0.2, 0.25) is 5.91 Å². The summed E-state index contributed by atoms with van der Waals surface area (Å²) in [5.41, 5.74) is 2.84. The third kappa shape index (κ3) is 3.93. The molecule has 2 unspecified atom stereocenters. The summed E-state index contributed by atoms with van der Waals surface area (Å²) in [4.78, 5) is 32.4. The van der Waals surface area contributed by atoms with Crippen LogP contribution in [0, 0.1) is 5.92 Å². The molecule has 1 saturated carbocycles. The van der Waals surface area contributed by atoms with Gasteiger partial charge in [0.1, 0.15) is 0 Å². The molecule has 1 aromatic heterocycles. The van der Waals surface area contributed by atoms with Crippen molar-refractivity contribution in [1.82, 2.24) is 14.8 Å². The van der Waals surface area contributed by atoms with Crippen LogP contribution in [0.3, 0.4) is 0 Å². The minimum atomic E-state index is -0.0164. The van der Waals surface area contributed by atoms with Gasteiger partial charge in [0.15, 0.2) is 0 Å². The lowest BCUT2D eigenvalue weighted by molar-refractivity contribution is -0.133. The topological polar surface area (TPSA) is 53.5 Å². The lowest BCUT2D eigenvalue weighted by Crippen LogP contribution is -2.32. The zero-order valence-corrected chi connectivity index (χ0v) is 15.6. The second-order valence-electron chi connectivity index (χ2n) is 6.98. The van der Waals surface area contributed by atoms with Gasteiger partial charge >= 0.3 is 0 Å². The molecule has 2 atom stereocenters. The molecule has 1 heterocycles. The van der Waals surface area contributed by atoms with E-state index in [1.807, 2.05) is 54.4 Å². The van der Waals surface area contributed by atoms with E-state index in [0.29, 0.717) is 24.6 Å². The first-order chi connectivity index (χ1) is 12.5. The molecule has 5 nitrogen and oxygen atoms in total. The predicted octanol–water partition coefficient (Wildman–Crippen LogP) is 2.94. The van der Waals surface area contributed by atoms with Crippen LogP contribution in [0.25, 0.3) is 0 Å². The Kier molecular flexibility index (Phi) is 5.35. The van der Waals surface area contributed by atoms with Crippen LogP contribution in [0.4, 0.5) is 0 Å². The molecular formula is C21H25N3O2. The largest absolute Gasteiger partial charge is 0.345 e. The average molecular weight is 351 g/mol. The Hall–Kier alpha value is -2.69. The van der Waals surface area contributed by atoms with Crippen molar-refractivity contribution in [2.45, 2.75) is 25.8 Å². The van der Waals surface area contributed by atoms with Gasteiger partial charge in [-0.1, -0.05) is 18.2 Å². The van der Waals surface area contributed by atoms with Crippen molar-refractivity contribution in [3.05, 3.63) is 65.5 Å².